The predicted octanol–water partition coefficient (Wildman–Crippen LogP) is 1.89. The molecule has 1 aliphatic rings. The van der Waals surface area contributed by atoms with Gasteiger partial charge in [0.15, 0.2) is 0 Å². The molecule has 5 nitrogen and oxygen atoms in total. The molecule has 1 aromatic carbocycles. The Morgan fingerprint density at radius 3 is 2.67 bits per heavy atom. The highest BCUT2D eigenvalue weighted by molar-refractivity contribution is 5.97. The van der Waals surface area contributed by atoms with Gasteiger partial charge in [-0.15, -0.1) is 0 Å². The quantitative estimate of drug-likeness (QED) is 0.774. The number of amides is 1. The minimum Gasteiger partial charge on any atom is -0.481 e. The summed E-state index contributed by atoms with van der Waals surface area (Å²) in [6.07, 6.45) is 0.709. The largest absolute Gasteiger partial charge is 0.481 e. The fourth-order valence-corrected chi connectivity index (χ4v) is 2.87. The molecule has 0 saturated carbocycles. The number of hydrogen-bond acceptors (Lipinski definition) is 3. The van der Waals surface area contributed by atoms with Gasteiger partial charge in [-0.3, -0.25) is 9.59 Å². The molecule has 2 rings (SSSR count). The van der Waals surface area contributed by atoms with Crippen LogP contribution in [0.2, 0.25) is 0 Å². The lowest BCUT2D eigenvalue weighted by atomic mass is 9.75. The Morgan fingerprint density at radius 2 is 2.10 bits per heavy atom. The third kappa shape index (κ3) is 3.24. The first-order valence-electron chi connectivity index (χ1n) is 7.27. The summed E-state index contributed by atoms with van der Waals surface area (Å²) in [5.74, 6) is -0.711. The van der Waals surface area contributed by atoms with Gasteiger partial charge in [0.1, 0.15) is 0 Å². The minimum atomic E-state index is -0.905. The molecule has 114 valence electrons. The zero-order valence-electron chi connectivity index (χ0n) is 12.5. The Bertz CT molecular complexity index is 534. The van der Waals surface area contributed by atoms with Crippen LogP contribution in [0.3, 0.4) is 0 Å². The van der Waals surface area contributed by atoms with Gasteiger partial charge in [-0.05, 0) is 30.5 Å². The first-order chi connectivity index (χ1) is 9.95. The number of aliphatic carboxylic acids is 1. The smallest absolute Gasteiger partial charge is 0.307 e. The first-order valence-corrected chi connectivity index (χ1v) is 7.27. The Morgan fingerprint density at radius 1 is 1.38 bits per heavy atom. The Balaban J connectivity index is 2.21. The molecule has 1 saturated heterocycles. The second kappa shape index (κ2) is 6.26. The highest BCUT2D eigenvalue weighted by Gasteiger charge is 2.43. The molecule has 1 fully saturated rings. The van der Waals surface area contributed by atoms with Crippen LogP contribution in [0.5, 0.6) is 0 Å². The van der Waals surface area contributed by atoms with Gasteiger partial charge in [0.05, 0.1) is 11.8 Å². The lowest BCUT2D eigenvalue weighted by Crippen LogP contribution is -2.42. The van der Waals surface area contributed by atoms with E-state index in [1.54, 1.807) is 24.3 Å². The molecular weight excluding hydrogens is 268 g/mol. The van der Waals surface area contributed by atoms with Gasteiger partial charge in [-0.2, -0.15) is 0 Å². The maximum absolute atomic E-state index is 12.7. The summed E-state index contributed by atoms with van der Waals surface area (Å²) in [6, 6.07) is 7.07. The third-order valence-corrected chi connectivity index (χ3v) is 4.35. The average Bonchev–Trinajstić information content (AvgIpc) is 2.91. The summed E-state index contributed by atoms with van der Waals surface area (Å²) in [4.78, 5) is 23.6. The van der Waals surface area contributed by atoms with Crippen molar-refractivity contribution in [2.75, 3.05) is 18.4 Å². The number of nitrogens with one attached hydrogen (secondary N) is 2. The normalized spacial score (nSPS) is 21.5. The van der Waals surface area contributed by atoms with Crippen LogP contribution in [0.1, 0.15) is 25.8 Å². The SMILES string of the molecule is CC(C)C1(C(=O)Nc2ccccc2CC(=O)O)CCNC1. The zero-order valence-corrected chi connectivity index (χ0v) is 12.5. The fraction of sp³-hybridized carbons (Fsp3) is 0.500. The number of hydrogen-bond donors (Lipinski definition) is 3. The summed E-state index contributed by atoms with van der Waals surface area (Å²) in [5.41, 5.74) is 0.802. The Labute approximate surface area is 124 Å². The highest BCUT2D eigenvalue weighted by Crippen LogP contribution is 2.35. The van der Waals surface area contributed by atoms with Crippen LogP contribution in [0.25, 0.3) is 0 Å². The monoisotopic (exact) mass is 290 g/mol. The van der Waals surface area contributed by atoms with E-state index in [1.165, 1.54) is 0 Å². The summed E-state index contributed by atoms with van der Waals surface area (Å²) in [7, 11) is 0. The molecular formula is C16H22N2O3. The van der Waals surface area contributed by atoms with E-state index < -0.39 is 11.4 Å². The van der Waals surface area contributed by atoms with E-state index in [2.05, 4.69) is 24.5 Å². The van der Waals surface area contributed by atoms with Crippen LogP contribution in [0.15, 0.2) is 24.3 Å². The van der Waals surface area contributed by atoms with Crippen LogP contribution in [-0.4, -0.2) is 30.1 Å². The number of carboxylic acid groups (broad SMARTS) is 1. The van der Waals surface area contributed by atoms with Gasteiger partial charge >= 0.3 is 5.97 Å². The van der Waals surface area contributed by atoms with Crippen molar-refractivity contribution in [2.24, 2.45) is 11.3 Å². The van der Waals surface area contributed by atoms with Crippen molar-refractivity contribution in [3.8, 4) is 0 Å². The van der Waals surface area contributed by atoms with Crippen molar-refractivity contribution in [1.29, 1.82) is 0 Å². The van der Waals surface area contributed by atoms with Gasteiger partial charge < -0.3 is 15.7 Å². The van der Waals surface area contributed by atoms with E-state index in [0.717, 1.165) is 13.0 Å². The van der Waals surface area contributed by atoms with E-state index in [0.29, 0.717) is 17.8 Å². The molecule has 21 heavy (non-hydrogen) atoms. The van der Waals surface area contributed by atoms with Crippen molar-refractivity contribution in [3.63, 3.8) is 0 Å². The first kappa shape index (κ1) is 15.5. The van der Waals surface area contributed by atoms with Crippen LogP contribution in [0.4, 0.5) is 5.69 Å². The third-order valence-electron chi connectivity index (χ3n) is 4.35. The average molecular weight is 290 g/mol. The van der Waals surface area contributed by atoms with E-state index in [9.17, 15) is 9.59 Å². The van der Waals surface area contributed by atoms with Crippen molar-refractivity contribution in [3.05, 3.63) is 29.8 Å². The summed E-state index contributed by atoms with van der Waals surface area (Å²) in [6.45, 7) is 5.60. The molecule has 1 aliphatic heterocycles. The van der Waals surface area contributed by atoms with Gasteiger partial charge in [-0.1, -0.05) is 32.0 Å². The van der Waals surface area contributed by atoms with Gasteiger partial charge in [0, 0.05) is 12.2 Å². The number of carbonyl (C=O) groups is 2. The van der Waals surface area contributed by atoms with Crippen molar-refractivity contribution in [2.45, 2.75) is 26.7 Å². The number of rotatable bonds is 5. The van der Waals surface area contributed by atoms with Crippen LogP contribution < -0.4 is 10.6 Å². The molecule has 1 aromatic rings. The second-order valence-electron chi connectivity index (χ2n) is 5.92. The molecule has 0 bridgehead atoms. The summed E-state index contributed by atoms with van der Waals surface area (Å²) >= 11 is 0. The van der Waals surface area contributed by atoms with Gasteiger partial charge in [-0.25, -0.2) is 0 Å². The Kier molecular flexibility index (Phi) is 4.63. The zero-order chi connectivity index (χ0) is 15.5. The minimum absolute atomic E-state index is 0.0275. The number of benzene rings is 1. The molecule has 0 aromatic heterocycles. The molecule has 0 aliphatic carbocycles. The van der Waals surface area contributed by atoms with Gasteiger partial charge in [0.25, 0.3) is 0 Å². The van der Waals surface area contributed by atoms with Crippen molar-refractivity contribution >= 4 is 17.6 Å². The number of anilines is 1. The maximum atomic E-state index is 12.7. The highest BCUT2D eigenvalue weighted by atomic mass is 16.4. The van der Waals surface area contributed by atoms with E-state index in [1.807, 2.05) is 0 Å². The molecule has 1 unspecified atom stereocenters. The number of carboxylic acids is 1. The van der Waals surface area contributed by atoms with Crippen LogP contribution in [-0.2, 0) is 16.0 Å². The topological polar surface area (TPSA) is 78.4 Å². The van der Waals surface area contributed by atoms with E-state index >= 15 is 0 Å². The fourth-order valence-electron chi connectivity index (χ4n) is 2.87. The molecule has 1 amide bonds. The molecule has 5 heteroatoms. The van der Waals surface area contributed by atoms with E-state index in [4.69, 9.17) is 5.11 Å². The predicted molar refractivity (Wildman–Crippen MR) is 81.2 cm³/mol. The standard InChI is InChI=1S/C16H22N2O3/c1-11(2)16(7-8-17-10-16)15(21)18-13-6-4-3-5-12(13)9-14(19)20/h3-6,11,17H,7-10H2,1-2H3,(H,18,21)(H,19,20). The molecule has 0 radical (unpaired) electrons. The second-order valence-corrected chi connectivity index (χ2v) is 5.92. The van der Waals surface area contributed by atoms with Crippen LogP contribution in [0, 0.1) is 11.3 Å². The van der Waals surface area contributed by atoms with Crippen molar-refractivity contribution < 1.29 is 14.7 Å². The Hall–Kier alpha value is -1.88. The molecule has 1 heterocycles. The van der Waals surface area contributed by atoms with Crippen LogP contribution >= 0.6 is 0 Å². The molecule has 0 spiro atoms. The van der Waals surface area contributed by atoms with Crippen molar-refractivity contribution in [1.82, 2.24) is 5.32 Å². The number of para-hydroxylation sites is 1. The summed E-state index contributed by atoms with van der Waals surface area (Å²) < 4.78 is 0. The van der Waals surface area contributed by atoms with Gasteiger partial charge in [0.2, 0.25) is 5.91 Å². The summed E-state index contributed by atoms with van der Waals surface area (Å²) in [5, 5.41) is 15.1. The lowest BCUT2D eigenvalue weighted by molar-refractivity contribution is -0.136. The number of carbonyl (C=O) groups excluding carboxylic acids is 1. The van der Waals surface area contributed by atoms with E-state index in [-0.39, 0.29) is 18.2 Å². The lowest BCUT2D eigenvalue weighted by Gasteiger charge is -2.31. The molecule has 3 N–H and O–H groups in total. The maximum Gasteiger partial charge on any atom is 0.307 e. The molecule has 1 atom stereocenters.